The number of nitrogens with zero attached hydrogens (tertiary/aromatic N) is 2. The molecular weight excluding hydrogens is 280 g/mol. The van der Waals surface area contributed by atoms with Crippen molar-refractivity contribution in [3.05, 3.63) is 58.6 Å². The second-order valence-corrected chi connectivity index (χ2v) is 5.03. The van der Waals surface area contributed by atoms with Crippen LogP contribution < -0.4 is 0 Å². The van der Waals surface area contributed by atoms with Crippen molar-refractivity contribution in [1.29, 1.82) is 0 Å². The van der Waals surface area contributed by atoms with Gasteiger partial charge in [-0.25, -0.2) is 0 Å². The predicted octanol–water partition coefficient (Wildman–Crippen LogP) is 4.54. The van der Waals surface area contributed by atoms with E-state index in [-0.39, 0.29) is 0 Å². The van der Waals surface area contributed by atoms with E-state index in [9.17, 15) is 0 Å². The highest BCUT2D eigenvalue weighted by Gasteiger charge is 2.11. The molecule has 0 aliphatic carbocycles. The van der Waals surface area contributed by atoms with Gasteiger partial charge in [-0.05, 0) is 23.1 Å². The first-order valence-electron chi connectivity index (χ1n) is 5.62. The molecule has 0 spiro atoms. The van der Waals surface area contributed by atoms with Crippen LogP contribution in [0.2, 0.25) is 0 Å². The minimum Gasteiger partial charge on any atom is -0.333 e. The van der Waals surface area contributed by atoms with E-state index in [2.05, 4.69) is 10.1 Å². The summed E-state index contributed by atoms with van der Waals surface area (Å²) in [7, 11) is 0. The summed E-state index contributed by atoms with van der Waals surface area (Å²) in [4.78, 5) is 4.28. The standard InChI is InChI=1S/C14H9ClN2OS/c15-12(8-10-4-2-1-3-5-10)14-16-13(17-18-14)11-6-7-19-9-11/h1-9H/b12-8-. The molecule has 2 aromatic heterocycles. The van der Waals surface area contributed by atoms with Crippen LogP contribution in [0.1, 0.15) is 11.5 Å². The summed E-state index contributed by atoms with van der Waals surface area (Å²) in [5.41, 5.74) is 1.92. The van der Waals surface area contributed by atoms with E-state index in [4.69, 9.17) is 16.1 Å². The third-order valence-corrected chi connectivity index (χ3v) is 3.46. The van der Waals surface area contributed by atoms with E-state index in [0.29, 0.717) is 16.7 Å². The fraction of sp³-hybridized carbons (Fsp3) is 0. The quantitative estimate of drug-likeness (QED) is 0.710. The van der Waals surface area contributed by atoms with Crippen molar-refractivity contribution < 1.29 is 4.52 Å². The Morgan fingerprint density at radius 1 is 1.21 bits per heavy atom. The zero-order valence-electron chi connectivity index (χ0n) is 9.79. The summed E-state index contributed by atoms with van der Waals surface area (Å²) < 4.78 is 5.17. The van der Waals surface area contributed by atoms with Crippen LogP contribution in [-0.4, -0.2) is 10.1 Å². The molecule has 1 aromatic carbocycles. The lowest BCUT2D eigenvalue weighted by Crippen LogP contribution is -1.79. The van der Waals surface area contributed by atoms with E-state index in [1.54, 1.807) is 17.4 Å². The molecule has 19 heavy (non-hydrogen) atoms. The van der Waals surface area contributed by atoms with Crippen LogP contribution in [0.5, 0.6) is 0 Å². The summed E-state index contributed by atoms with van der Waals surface area (Å²) >= 11 is 7.77. The number of aromatic nitrogens is 2. The number of thiophene rings is 1. The van der Waals surface area contributed by atoms with Gasteiger partial charge in [0.2, 0.25) is 5.82 Å². The lowest BCUT2D eigenvalue weighted by Gasteiger charge is -1.92. The zero-order chi connectivity index (χ0) is 13.1. The van der Waals surface area contributed by atoms with Crippen molar-refractivity contribution in [3.63, 3.8) is 0 Å². The van der Waals surface area contributed by atoms with Gasteiger partial charge in [-0.1, -0.05) is 47.1 Å². The van der Waals surface area contributed by atoms with Crippen LogP contribution in [0.25, 0.3) is 22.5 Å². The monoisotopic (exact) mass is 288 g/mol. The highest BCUT2D eigenvalue weighted by Crippen LogP contribution is 2.24. The summed E-state index contributed by atoms with van der Waals surface area (Å²) in [5.74, 6) is 0.877. The van der Waals surface area contributed by atoms with Crippen LogP contribution >= 0.6 is 22.9 Å². The van der Waals surface area contributed by atoms with E-state index in [0.717, 1.165) is 11.1 Å². The number of halogens is 1. The molecule has 3 aromatic rings. The van der Waals surface area contributed by atoms with Crippen LogP contribution in [0.4, 0.5) is 0 Å². The SMILES string of the molecule is Cl/C(=C\c1ccccc1)c1nc(-c2ccsc2)no1. The van der Waals surface area contributed by atoms with Gasteiger partial charge >= 0.3 is 0 Å². The first-order chi connectivity index (χ1) is 9.33. The van der Waals surface area contributed by atoms with Gasteiger partial charge < -0.3 is 4.52 Å². The van der Waals surface area contributed by atoms with Crippen molar-refractivity contribution in [2.45, 2.75) is 0 Å². The first-order valence-corrected chi connectivity index (χ1v) is 6.94. The number of rotatable bonds is 3. The van der Waals surface area contributed by atoms with Gasteiger partial charge in [0.15, 0.2) is 0 Å². The van der Waals surface area contributed by atoms with Crippen LogP contribution in [0.15, 0.2) is 51.7 Å². The molecule has 0 bridgehead atoms. The minimum absolute atomic E-state index is 0.326. The Bertz CT molecular complexity index is 689. The maximum absolute atomic E-state index is 6.18. The molecule has 0 aliphatic heterocycles. The van der Waals surface area contributed by atoms with Gasteiger partial charge in [0.1, 0.15) is 5.03 Å². The topological polar surface area (TPSA) is 38.9 Å². The third-order valence-electron chi connectivity index (χ3n) is 2.50. The Balaban J connectivity index is 1.89. The number of hydrogen-bond acceptors (Lipinski definition) is 4. The molecule has 3 rings (SSSR count). The molecule has 94 valence electrons. The molecule has 0 N–H and O–H groups in total. The molecule has 0 aliphatic rings. The largest absolute Gasteiger partial charge is 0.333 e. The average Bonchev–Trinajstić information content (AvgIpc) is 3.11. The van der Waals surface area contributed by atoms with Gasteiger partial charge in [0, 0.05) is 10.9 Å². The van der Waals surface area contributed by atoms with Gasteiger partial charge in [0.25, 0.3) is 5.89 Å². The molecule has 2 heterocycles. The normalized spacial score (nSPS) is 11.7. The molecule has 0 unspecified atom stereocenters. The third kappa shape index (κ3) is 2.75. The molecule has 3 nitrogen and oxygen atoms in total. The van der Waals surface area contributed by atoms with Gasteiger partial charge in [-0.2, -0.15) is 16.3 Å². The summed E-state index contributed by atoms with van der Waals surface area (Å²) in [6.45, 7) is 0. The molecule has 0 saturated heterocycles. The maximum Gasteiger partial charge on any atom is 0.269 e. The Hall–Kier alpha value is -1.91. The Kier molecular flexibility index (Phi) is 3.44. The van der Waals surface area contributed by atoms with E-state index >= 15 is 0 Å². The van der Waals surface area contributed by atoms with Gasteiger partial charge in [-0.3, -0.25) is 0 Å². The fourth-order valence-corrected chi connectivity index (χ4v) is 2.42. The molecule has 5 heteroatoms. The predicted molar refractivity (Wildman–Crippen MR) is 77.8 cm³/mol. The highest BCUT2D eigenvalue weighted by atomic mass is 35.5. The Morgan fingerprint density at radius 2 is 2.05 bits per heavy atom. The number of hydrogen-bond donors (Lipinski definition) is 0. The maximum atomic E-state index is 6.18. The summed E-state index contributed by atoms with van der Waals surface area (Å²) in [6.07, 6.45) is 1.80. The average molecular weight is 289 g/mol. The van der Waals surface area contributed by atoms with E-state index < -0.39 is 0 Å². The van der Waals surface area contributed by atoms with E-state index in [1.807, 2.05) is 47.2 Å². The molecular formula is C14H9ClN2OS. The van der Waals surface area contributed by atoms with Crippen LogP contribution in [-0.2, 0) is 0 Å². The highest BCUT2D eigenvalue weighted by molar-refractivity contribution is 7.08. The van der Waals surface area contributed by atoms with Crippen molar-refractivity contribution in [1.82, 2.24) is 10.1 Å². The van der Waals surface area contributed by atoms with E-state index in [1.165, 1.54) is 0 Å². The molecule has 0 saturated carbocycles. The lowest BCUT2D eigenvalue weighted by atomic mass is 10.2. The Labute approximate surface area is 119 Å². The molecule has 0 atom stereocenters. The molecule has 0 amide bonds. The first kappa shape index (κ1) is 12.1. The smallest absolute Gasteiger partial charge is 0.269 e. The van der Waals surface area contributed by atoms with Crippen molar-refractivity contribution >= 4 is 34.0 Å². The van der Waals surface area contributed by atoms with Crippen LogP contribution in [0, 0.1) is 0 Å². The summed E-state index contributed by atoms with van der Waals surface area (Å²) in [6, 6.07) is 11.7. The fourth-order valence-electron chi connectivity index (χ4n) is 1.59. The van der Waals surface area contributed by atoms with Gasteiger partial charge in [0.05, 0.1) is 0 Å². The second-order valence-electron chi connectivity index (χ2n) is 3.84. The zero-order valence-corrected chi connectivity index (χ0v) is 11.4. The van der Waals surface area contributed by atoms with Crippen molar-refractivity contribution in [2.24, 2.45) is 0 Å². The Morgan fingerprint density at radius 3 is 2.79 bits per heavy atom. The molecule has 0 radical (unpaired) electrons. The molecule has 0 fully saturated rings. The summed E-state index contributed by atoms with van der Waals surface area (Å²) in [5, 5.41) is 8.27. The van der Waals surface area contributed by atoms with Crippen molar-refractivity contribution in [3.8, 4) is 11.4 Å². The van der Waals surface area contributed by atoms with Crippen LogP contribution in [0.3, 0.4) is 0 Å². The van der Waals surface area contributed by atoms with Gasteiger partial charge in [-0.15, -0.1) is 0 Å². The van der Waals surface area contributed by atoms with Crippen molar-refractivity contribution in [2.75, 3.05) is 0 Å². The lowest BCUT2D eigenvalue weighted by molar-refractivity contribution is 0.410. The number of benzene rings is 1. The second kappa shape index (κ2) is 5.38. The minimum atomic E-state index is 0.326.